The summed E-state index contributed by atoms with van der Waals surface area (Å²) >= 11 is 0. The highest BCUT2D eigenvalue weighted by atomic mass is 16.5. The van der Waals surface area contributed by atoms with E-state index < -0.39 is 11.9 Å². The van der Waals surface area contributed by atoms with E-state index in [1.54, 1.807) is 0 Å². The first kappa shape index (κ1) is 30.6. The third-order valence-electron chi connectivity index (χ3n) is 5.51. The highest BCUT2D eigenvalue weighted by Crippen LogP contribution is 2.04. The molecule has 0 aliphatic rings. The van der Waals surface area contributed by atoms with Gasteiger partial charge in [0.15, 0.2) is 11.6 Å². The van der Waals surface area contributed by atoms with Crippen molar-refractivity contribution in [3.8, 4) is 0 Å². The van der Waals surface area contributed by atoms with Gasteiger partial charge in [-0.15, -0.1) is 0 Å². The lowest BCUT2D eigenvalue weighted by Gasteiger charge is -2.07. The van der Waals surface area contributed by atoms with Crippen molar-refractivity contribution >= 4 is 23.4 Å². The van der Waals surface area contributed by atoms with Gasteiger partial charge < -0.3 is 29.1 Å². The van der Waals surface area contributed by atoms with Gasteiger partial charge in [0.05, 0.1) is 58.5 Å². The number of carbonyl (C=O) groups excluding carboxylic acids is 4. The third kappa shape index (κ3) is 10.3. The van der Waals surface area contributed by atoms with Crippen LogP contribution in [-0.4, -0.2) is 62.9 Å². The van der Waals surface area contributed by atoms with Gasteiger partial charge in [-0.25, -0.2) is 14.8 Å². The number of hydrogen-bond acceptors (Lipinski definition) is 9. The molecule has 214 valence electrons. The van der Waals surface area contributed by atoms with Crippen molar-refractivity contribution in [3.05, 3.63) is 108 Å². The summed E-state index contributed by atoms with van der Waals surface area (Å²) in [5.74, 6) is -1.43. The van der Waals surface area contributed by atoms with E-state index in [0.717, 1.165) is 11.1 Å². The number of Topliss-reactive ketones (excluding diaryl/α,β-unsaturated/α-hetero) is 2. The van der Waals surface area contributed by atoms with E-state index >= 15 is 0 Å². The molecule has 2 aromatic carbocycles. The molecule has 0 radical (unpaired) electrons. The maximum absolute atomic E-state index is 11.8. The van der Waals surface area contributed by atoms with E-state index in [0.29, 0.717) is 13.2 Å². The molecule has 2 N–H and O–H groups in total. The molecule has 1 amide bonds. The fraction of sp³-hybridized carbons (Fsp3) is 0.241. The van der Waals surface area contributed by atoms with Crippen molar-refractivity contribution < 1.29 is 33.4 Å². The molecule has 41 heavy (non-hydrogen) atoms. The molecule has 12 nitrogen and oxygen atoms in total. The number of ketones is 2. The average Bonchev–Trinajstić information content (AvgIpc) is 3.64. The van der Waals surface area contributed by atoms with E-state index in [1.165, 1.54) is 41.3 Å². The third-order valence-corrected chi connectivity index (χ3v) is 5.51. The monoisotopic (exact) mass is 561 g/mol. The smallest absolute Gasteiger partial charge is 0.356 e. The summed E-state index contributed by atoms with van der Waals surface area (Å²) in [7, 11) is 1.28. The number of esters is 1. The van der Waals surface area contributed by atoms with E-state index in [9.17, 15) is 19.2 Å². The summed E-state index contributed by atoms with van der Waals surface area (Å²) in [5.41, 5.74) is 7.63. The molecule has 0 aliphatic carbocycles. The Morgan fingerprint density at radius 3 is 1.59 bits per heavy atom. The van der Waals surface area contributed by atoms with Gasteiger partial charge in [0.2, 0.25) is 0 Å². The number of carbonyl (C=O) groups is 4. The van der Waals surface area contributed by atoms with E-state index in [4.69, 9.17) is 15.2 Å². The fourth-order valence-electron chi connectivity index (χ4n) is 3.56. The molecule has 4 rings (SSSR count). The van der Waals surface area contributed by atoms with Crippen LogP contribution in [0.25, 0.3) is 0 Å². The molecular formula is C29H31N5O7. The van der Waals surface area contributed by atoms with Crippen LogP contribution >= 0.6 is 0 Å². The molecule has 0 saturated heterocycles. The van der Waals surface area contributed by atoms with Gasteiger partial charge in [0.1, 0.15) is 24.6 Å². The lowest BCUT2D eigenvalue weighted by Crippen LogP contribution is -2.21. The molecule has 0 unspecified atom stereocenters. The normalized spacial score (nSPS) is 10.4. The average molecular weight is 562 g/mol. The van der Waals surface area contributed by atoms with Crippen LogP contribution in [0.2, 0.25) is 0 Å². The summed E-state index contributed by atoms with van der Waals surface area (Å²) < 4.78 is 18.2. The van der Waals surface area contributed by atoms with Gasteiger partial charge in [0, 0.05) is 0 Å². The Morgan fingerprint density at radius 1 is 0.707 bits per heavy atom. The highest BCUT2D eigenvalue weighted by Gasteiger charge is 2.14. The van der Waals surface area contributed by atoms with Gasteiger partial charge >= 0.3 is 5.97 Å². The van der Waals surface area contributed by atoms with Crippen LogP contribution in [0.5, 0.6) is 0 Å². The number of nitrogens with zero attached hydrogens (tertiary/aromatic N) is 4. The second-order valence-electron chi connectivity index (χ2n) is 8.70. The van der Waals surface area contributed by atoms with Gasteiger partial charge in [-0.05, 0) is 11.1 Å². The second kappa shape index (κ2) is 16.2. The number of aromatic nitrogens is 4. The van der Waals surface area contributed by atoms with Crippen LogP contribution in [0.4, 0.5) is 0 Å². The van der Waals surface area contributed by atoms with Crippen LogP contribution in [-0.2, 0) is 50.1 Å². The van der Waals surface area contributed by atoms with Crippen molar-refractivity contribution in [2.24, 2.45) is 5.73 Å². The van der Waals surface area contributed by atoms with Crippen molar-refractivity contribution in [1.82, 2.24) is 19.1 Å². The standard InChI is InChI=1S/C15H16N2O4.C14H15N3O3/c1-20-15(19)14-7-16-11-17(14)8-13(18)10-21-9-12-5-3-2-4-6-12;15-14(19)13-6-16-10-17(13)7-12(18)9-20-8-11-4-2-1-3-5-11/h2-7,11H,8-10H2,1H3;1-6,10H,7-9H2,(H2,15,19). The molecular weight excluding hydrogens is 530 g/mol. The Morgan fingerprint density at radius 2 is 1.15 bits per heavy atom. The summed E-state index contributed by atoms with van der Waals surface area (Å²) in [4.78, 5) is 53.8. The SMILES string of the molecule is COC(=O)c1cncn1CC(=O)COCc1ccccc1.NC(=O)c1cncn1CC(=O)COCc1ccccc1. The van der Waals surface area contributed by atoms with E-state index in [1.807, 2.05) is 60.7 Å². The Balaban J connectivity index is 0.000000226. The Bertz CT molecular complexity index is 1420. The van der Waals surface area contributed by atoms with Crippen LogP contribution in [0.15, 0.2) is 85.7 Å². The van der Waals surface area contributed by atoms with Crippen LogP contribution in [0, 0.1) is 0 Å². The number of ether oxygens (including phenoxy) is 3. The maximum Gasteiger partial charge on any atom is 0.356 e. The predicted octanol–water partition coefficient (Wildman–Crippen LogP) is 2.22. The van der Waals surface area contributed by atoms with Crippen molar-refractivity contribution in [2.75, 3.05) is 20.3 Å². The van der Waals surface area contributed by atoms with E-state index in [2.05, 4.69) is 14.7 Å². The lowest BCUT2D eigenvalue weighted by molar-refractivity contribution is -0.125. The van der Waals surface area contributed by atoms with Gasteiger partial charge in [0.25, 0.3) is 5.91 Å². The van der Waals surface area contributed by atoms with Crippen LogP contribution in [0.3, 0.4) is 0 Å². The van der Waals surface area contributed by atoms with Crippen molar-refractivity contribution in [1.29, 1.82) is 0 Å². The summed E-state index contributed by atoms with van der Waals surface area (Å²) in [6.45, 7) is 0.755. The highest BCUT2D eigenvalue weighted by molar-refractivity contribution is 5.91. The number of methoxy groups -OCH3 is 1. The number of amides is 1. The molecule has 0 atom stereocenters. The molecule has 0 saturated carbocycles. The summed E-state index contributed by atoms with van der Waals surface area (Å²) in [5, 5.41) is 0. The Kier molecular flexibility index (Phi) is 12.1. The van der Waals surface area contributed by atoms with Crippen molar-refractivity contribution in [3.63, 3.8) is 0 Å². The molecule has 0 aliphatic heterocycles. The quantitative estimate of drug-likeness (QED) is 0.228. The topological polar surface area (TPSA) is 158 Å². The molecule has 12 heteroatoms. The number of hydrogen-bond donors (Lipinski definition) is 1. The summed E-state index contributed by atoms with van der Waals surface area (Å²) in [6.07, 6.45) is 5.51. The first-order valence-corrected chi connectivity index (χ1v) is 12.5. The van der Waals surface area contributed by atoms with Crippen LogP contribution < -0.4 is 5.73 Å². The number of primary amides is 1. The van der Waals surface area contributed by atoms with Crippen LogP contribution in [0.1, 0.15) is 32.1 Å². The maximum atomic E-state index is 11.8. The Labute approximate surface area is 236 Å². The molecule has 2 aromatic heterocycles. The second-order valence-corrected chi connectivity index (χ2v) is 8.70. The minimum atomic E-state index is -0.611. The predicted molar refractivity (Wildman–Crippen MR) is 147 cm³/mol. The number of imidazole rings is 2. The zero-order chi connectivity index (χ0) is 29.5. The zero-order valence-corrected chi connectivity index (χ0v) is 22.5. The van der Waals surface area contributed by atoms with Gasteiger partial charge in [-0.2, -0.15) is 0 Å². The number of benzene rings is 2. The number of nitrogens with two attached hydrogens (primary N) is 1. The first-order valence-electron chi connectivity index (χ1n) is 12.5. The zero-order valence-electron chi connectivity index (χ0n) is 22.5. The van der Waals surface area contributed by atoms with E-state index in [-0.39, 0.29) is 49.3 Å². The minimum absolute atomic E-state index is 0.0202. The lowest BCUT2D eigenvalue weighted by atomic mass is 10.2. The Hall–Kier alpha value is -4.94. The minimum Gasteiger partial charge on any atom is -0.464 e. The summed E-state index contributed by atoms with van der Waals surface area (Å²) in [6, 6.07) is 19.2. The molecule has 0 spiro atoms. The largest absolute Gasteiger partial charge is 0.464 e. The van der Waals surface area contributed by atoms with Crippen molar-refractivity contribution in [2.45, 2.75) is 26.3 Å². The fourth-order valence-corrected chi connectivity index (χ4v) is 3.56. The molecule has 0 fully saturated rings. The number of rotatable bonds is 14. The van der Waals surface area contributed by atoms with Gasteiger partial charge in [-0.1, -0.05) is 60.7 Å². The van der Waals surface area contributed by atoms with Gasteiger partial charge in [-0.3, -0.25) is 14.4 Å². The molecule has 2 heterocycles. The molecule has 4 aromatic rings. The molecule has 0 bridgehead atoms. The first-order chi connectivity index (χ1) is 19.9.